The molecule has 100 valence electrons. The van der Waals surface area contributed by atoms with Crippen molar-refractivity contribution in [1.29, 1.82) is 0 Å². The fourth-order valence-electron chi connectivity index (χ4n) is 1.93. The summed E-state index contributed by atoms with van der Waals surface area (Å²) in [5.41, 5.74) is 5.95. The summed E-state index contributed by atoms with van der Waals surface area (Å²) < 4.78 is 50.8. The molecule has 1 aliphatic rings. The average molecular weight is 262 g/mol. The molecule has 2 nitrogen and oxygen atoms in total. The third-order valence-electron chi connectivity index (χ3n) is 2.96. The molecule has 1 aromatic carbocycles. The molecular formula is C12H14F4N2. The van der Waals surface area contributed by atoms with Crippen LogP contribution in [-0.4, -0.2) is 23.7 Å². The number of alkyl halides is 3. The highest BCUT2D eigenvalue weighted by atomic mass is 19.4. The molecule has 0 spiro atoms. The van der Waals surface area contributed by atoms with E-state index in [1.165, 1.54) is 23.1 Å². The van der Waals surface area contributed by atoms with Gasteiger partial charge in [-0.2, -0.15) is 13.2 Å². The first-order valence-electron chi connectivity index (χ1n) is 5.70. The van der Waals surface area contributed by atoms with Crippen LogP contribution in [0.5, 0.6) is 0 Å². The van der Waals surface area contributed by atoms with E-state index >= 15 is 0 Å². The van der Waals surface area contributed by atoms with Gasteiger partial charge in [-0.25, -0.2) is 4.39 Å². The van der Waals surface area contributed by atoms with Gasteiger partial charge in [0.25, 0.3) is 0 Å². The third-order valence-corrected chi connectivity index (χ3v) is 2.96. The van der Waals surface area contributed by atoms with E-state index in [4.69, 9.17) is 5.73 Å². The second-order valence-electron chi connectivity index (χ2n) is 4.56. The van der Waals surface area contributed by atoms with Crippen LogP contribution in [0.4, 0.5) is 23.2 Å². The van der Waals surface area contributed by atoms with Crippen molar-refractivity contribution in [3.05, 3.63) is 29.6 Å². The average Bonchev–Trinajstić information content (AvgIpc) is 3.03. The van der Waals surface area contributed by atoms with Gasteiger partial charge in [-0.1, -0.05) is 6.07 Å². The number of nitrogens with zero attached hydrogens (tertiary/aromatic N) is 1. The van der Waals surface area contributed by atoms with E-state index in [0.29, 0.717) is 0 Å². The van der Waals surface area contributed by atoms with E-state index in [1.807, 2.05) is 0 Å². The molecule has 0 saturated heterocycles. The molecule has 0 aliphatic heterocycles. The maximum absolute atomic E-state index is 13.5. The minimum absolute atomic E-state index is 0.0946. The van der Waals surface area contributed by atoms with Crippen LogP contribution in [-0.2, 0) is 6.54 Å². The zero-order chi connectivity index (χ0) is 13.3. The topological polar surface area (TPSA) is 29.3 Å². The summed E-state index contributed by atoms with van der Waals surface area (Å²) in [7, 11) is 0. The number of nitrogens with two attached hydrogens (primary N) is 1. The lowest BCUT2D eigenvalue weighted by atomic mass is 10.1. The largest absolute Gasteiger partial charge is 0.401 e. The first-order chi connectivity index (χ1) is 8.37. The molecule has 0 atom stereocenters. The van der Waals surface area contributed by atoms with Gasteiger partial charge in [0.05, 0.1) is 6.54 Å². The molecule has 0 heterocycles. The van der Waals surface area contributed by atoms with Gasteiger partial charge in [0.15, 0.2) is 0 Å². The first-order valence-corrected chi connectivity index (χ1v) is 5.70. The van der Waals surface area contributed by atoms with Crippen LogP contribution in [0.15, 0.2) is 18.2 Å². The maximum Gasteiger partial charge on any atom is 0.401 e. The molecule has 6 heteroatoms. The second kappa shape index (κ2) is 4.76. The van der Waals surface area contributed by atoms with Gasteiger partial charge in [-0.3, -0.25) is 4.90 Å². The predicted molar refractivity (Wildman–Crippen MR) is 60.3 cm³/mol. The summed E-state index contributed by atoms with van der Waals surface area (Å²) in [5, 5.41) is 0. The van der Waals surface area contributed by atoms with Crippen molar-refractivity contribution in [2.75, 3.05) is 12.3 Å². The van der Waals surface area contributed by atoms with Crippen molar-refractivity contribution in [1.82, 2.24) is 4.90 Å². The van der Waals surface area contributed by atoms with Gasteiger partial charge in [-0.15, -0.1) is 0 Å². The van der Waals surface area contributed by atoms with Gasteiger partial charge in [0.2, 0.25) is 0 Å². The molecule has 0 bridgehead atoms. The maximum atomic E-state index is 13.5. The molecular weight excluding hydrogens is 248 g/mol. The smallest absolute Gasteiger partial charge is 0.398 e. The molecule has 1 aliphatic carbocycles. The molecule has 2 rings (SSSR count). The van der Waals surface area contributed by atoms with Crippen LogP contribution in [0.3, 0.4) is 0 Å². The molecule has 0 amide bonds. The molecule has 0 aromatic heterocycles. The number of anilines is 1. The highest BCUT2D eigenvalue weighted by Crippen LogP contribution is 2.32. The number of benzene rings is 1. The van der Waals surface area contributed by atoms with E-state index in [-0.39, 0.29) is 23.8 Å². The molecule has 2 N–H and O–H groups in total. The lowest BCUT2D eigenvalue weighted by Crippen LogP contribution is -2.35. The molecule has 0 radical (unpaired) electrons. The summed E-state index contributed by atoms with van der Waals surface area (Å²) in [5.74, 6) is -0.553. The Hall–Kier alpha value is -1.30. The van der Waals surface area contributed by atoms with E-state index in [2.05, 4.69) is 0 Å². The van der Waals surface area contributed by atoms with Gasteiger partial charge < -0.3 is 5.73 Å². The lowest BCUT2D eigenvalue weighted by molar-refractivity contribution is -0.148. The Labute approximate surface area is 102 Å². The summed E-state index contributed by atoms with van der Waals surface area (Å²) in [4.78, 5) is 1.24. The van der Waals surface area contributed by atoms with Gasteiger partial charge in [0.1, 0.15) is 5.82 Å². The van der Waals surface area contributed by atoms with Crippen molar-refractivity contribution in [2.45, 2.75) is 31.6 Å². The van der Waals surface area contributed by atoms with Crippen LogP contribution in [0.1, 0.15) is 18.4 Å². The zero-order valence-electron chi connectivity index (χ0n) is 9.67. The summed E-state index contributed by atoms with van der Waals surface area (Å²) in [6, 6.07) is 4.05. The van der Waals surface area contributed by atoms with Crippen molar-refractivity contribution >= 4 is 5.69 Å². The van der Waals surface area contributed by atoms with Crippen molar-refractivity contribution in [2.24, 2.45) is 0 Å². The van der Waals surface area contributed by atoms with Gasteiger partial charge in [0, 0.05) is 23.8 Å². The number of hydrogen-bond donors (Lipinski definition) is 1. The Bertz CT molecular complexity index is 406. The van der Waals surface area contributed by atoms with Crippen LogP contribution in [0, 0.1) is 5.82 Å². The monoisotopic (exact) mass is 262 g/mol. The lowest BCUT2D eigenvalue weighted by Gasteiger charge is -2.24. The minimum Gasteiger partial charge on any atom is -0.398 e. The Morgan fingerprint density at radius 1 is 1.28 bits per heavy atom. The Morgan fingerprint density at radius 2 is 1.94 bits per heavy atom. The quantitative estimate of drug-likeness (QED) is 0.667. The summed E-state index contributed by atoms with van der Waals surface area (Å²) in [6.07, 6.45) is -2.82. The highest BCUT2D eigenvalue weighted by molar-refractivity contribution is 5.47. The Morgan fingerprint density at radius 3 is 2.44 bits per heavy atom. The standard InChI is InChI=1S/C12H14F4N2/c13-10-2-1-3-11(17)9(10)6-18(8-4-5-8)7-12(14,15)16/h1-3,8H,4-7,17H2. The van der Waals surface area contributed by atoms with E-state index in [0.717, 1.165) is 12.8 Å². The van der Waals surface area contributed by atoms with Gasteiger partial charge in [-0.05, 0) is 25.0 Å². The normalized spacial score (nSPS) is 16.3. The molecule has 18 heavy (non-hydrogen) atoms. The van der Waals surface area contributed by atoms with Crippen molar-refractivity contribution in [3.8, 4) is 0 Å². The second-order valence-corrected chi connectivity index (χ2v) is 4.56. The van der Waals surface area contributed by atoms with Crippen molar-refractivity contribution in [3.63, 3.8) is 0 Å². The van der Waals surface area contributed by atoms with Crippen LogP contribution in [0.2, 0.25) is 0 Å². The minimum atomic E-state index is -4.28. The number of halogens is 4. The van der Waals surface area contributed by atoms with Crippen LogP contribution < -0.4 is 5.73 Å². The predicted octanol–water partition coefficient (Wildman–Crippen LogP) is 2.93. The number of rotatable bonds is 4. The molecule has 1 aromatic rings. The van der Waals surface area contributed by atoms with Gasteiger partial charge >= 0.3 is 6.18 Å². The Kier molecular flexibility index (Phi) is 3.47. The Balaban J connectivity index is 2.14. The summed E-state index contributed by atoms with van der Waals surface area (Å²) in [6.45, 7) is -1.12. The molecule has 1 saturated carbocycles. The third kappa shape index (κ3) is 3.35. The van der Waals surface area contributed by atoms with E-state index in [1.54, 1.807) is 0 Å². The molecule has 1 fully saturated rings. The van der Waals surface area contributed by atoms with Crippen LogP contribution >= 0.6 is 0 Å². The highest BCUT2D eigenvalue weighted by Gasteiger charge is 2.38. The number of nitrogen functional groups attached to an aromatic ring is 1. The van der Waals surface area contributed by atoms with Crippen molar-refractivity contribution < 1.29 is 17.6 Å². The zero-order valence-corrected chi connectivity index (χ0v) is 9.67. The SMILES string of the molecule is Nc1cccc(F)c1CN(CC(F)(F)F)C1CC1. The van der Waals surface area contributed by atoms with E-state index in [9.17, 15) is 17.6 Å². The summed E-state index contributed by atoms with van der Waals surface area (Å²) >= 11 is 0. The first kappa shape index (κ1) is 13.1. The fraction of sp³-hybridized carbons (Fsp3) is 0.500. The molecule has 0 unspecified atom stereocenters. The van der Waals surface area contributed by atoms with E-state index < -0.39 is 18.5 Å². The number of hydrogen-bond acceptors (Lipinski definition) is 2. The fourth-order valence-corrected chi connectivity index (χ4v) is 1.93. The van der Waals surface area contributed by atoms with Crippen LogP contribution in [0.25, 0.3) is 0 Å².